The van der Waals surface area contributed by atoms with E-state index in [2.05, 4.69) is 10.6 Å². The number of rotatable bonds is 6. The number of hydrogen-bond acceptors (Lipinski definition) is 4. The second kappa shape index (κ2) is 8.79. The van der Waals surface area contributed by atoms with Gasteiger partial charge < -0.3 is 10.6 Å². The molecular weight excluding hydrogens is 402 g/mol. The molecule has 0 saturated carbocycles. The van der Waals surface area contributed by atoms with E-state index in [4.69, 9.17) is 0 Å². The van der Waals surface area contributed by atoms with E-state index in [1.54, 1.807) is 60.7 Å². The number of nitrogens with zero attached hydrogens (tertiary/aromatic N) is 1. The van der Waals surface area contributed by atoms with Gasteiger partial charge in [-0.15, -0.1) is 0 Å². The maximum atomic E-state index is 12.8. The molecule has 0 fully saturated rings. The number of sulfonamides is 1. The van der Waals surface area contributed by atoms with Gasteiger partial charge in [-0.25, -0.2) is 8.42 Å². The van der Waals surface area contributed by atoms with Crippen molar-refractivity contribution in [1.82, 2.24) is 0 Å². The first-order chi connectivity index (χ1) is 14.3. The molecule has 3 aromatic carbocycles. The molecule has 0 radical (unpaired) electrons. The van der Waals surface area contributed by atoms with E-state index in [0.717, 1.165) is 4.31 Å². The minimum Gasteiger partial charge on any atom is -0.326 e. The van der Waals surface area contributed by atoms with Gasteiger partial charge in [0.15, 0.2) is 0 Å². The van der Waals surface area contributed by atoms with Crippen LogP contribution in [0.3, 0.4) is 0 Å². The largest absolute Gasteiger partial charge is 0.326 e. The highest BCUT2D eigenvalue weighted by Gasteiger charge is 2.21. The normalized spacial score (nSPS) is 10.9. The molecule has 7 nitrogen and oxygen atoms in total. The maximum absolute atomic E-state index is 12.8. The highest BCUT2D eigenvalue weighted by atomic mass is 32.2. The van der Waals surface area contributed by atoms with Crippen molar-refractivity contribution in [2.75, 3.05) is 22.0 Å². The van der Waals surface area contributed by atoms with Gasteiger partial charge in [0.2, 0.25) is 5.91 Å². The van der Waals surface area contributed by atoms with Crippen molar-refractivity contribution in [1.29, 1.82) is 0 Å². The van der Waals surface area contributed by atoms with Crippen LogP contribution >= 0.6 is 0 Å². The summed E-state index contributed by atoms with van der Waals surface area (Å²) in [6.45, 7) is 1.40. The minimum absolute atomic E-state index is 0.164. The molecule has 0 aliphatic heterocycles. The third-order valence-electron chi connectivity index (χ3n) is 4.31. The zero-order valence-electron chi connectivity index (χ0n) is 16.5. The second-order valence-corrected chi connectivity index (χ2v) is 8.52. The fourth-order valence-corrected chi connectivity index (χ4v) is 4.02. The molecular formula is C22H21N3O4S. The van der Waals surface area contributed by atoms with E-state index in [-0.39, 0.29) is 10.8 Å². The van der Waals surface area contributed by atoms with Crippen molar-refractivity contribution in [2.45, 2.75) is 11.8 Å². The quantitative estimate of drug-likeness (QED) is 0.632. The van der Waals surface area contributed by atoms with Crippen LogP contribution in [-0.2, 0) is 14.8 Å². The number of amides is 2. The van der Waals surface area contributed by atoms with Gasteiger partial charge in [0.1, 0.15) is 0 Å². The fraction of sp³-hybridized carbons (Fsp3) is 0.0909. The van der Waals surface area contributed by atoms with Gasteiger partial charge in [-0.3, -0.25) is 13.9 Å². The molecule has 154 valence electrons. The summed E-state index contributed by atoms with van der Waals surface area (Å²) in [6, 6.07) is 21.2. The Hall–Kier alpha value is -3.65. The molecule has 0 aromatic heterocycles. The summed E-state index contributed by atoms with van der Waals surface area (Å²) in [6.07, 6.45) is 0. The van der Waals surface area contributed by atoms with Gasteiger partial charge in [0.25, 0.3) is 15.9 Å². The van der Waals surface area contributed by atoms with E-state index in [0.29, 0.717) is 22.6 Å². The van der Waals surface area contributed by atoms with Gasteiger partial charge in [-0.1, -0.05) is 30.3 Å². The van der Waals surface area contributed by atoms with Crippen molar-refractivity contribution in [3.05, 3.63) is 84.4 Å². The predicted octanol–water partition coefficient (Wildman–Crippen LogP) is 3.72. The SMILES string of the molecule is CC(=O)Nc1cccc(NC(=O)c2cccc(N(C)S(=O)(=O)c3ccccc3)c2)c1. The Labute approximate surface area is 175 Å². The van der Waals surface area contributed by atoms with Crippen LogP contribution in [0.4, 0.5) is 17.1 Å². The Morgan fingerprint density at radius 3 is 2.10 bits per heavy atom. The molecule has 2 N–H and O–H groups in total. The number of carbonyl (C=O) groups excluding carboxylic acids is 2. The molecule has 3 rings (SSSR count). The number of nitrogens with one attached hydrogen (secondary N) is 2. The number of hydrogen-bond donors (Lipinski definition) is 2. The van der Waals surface area contributed by atoms with E-state index >= 15 is 0 Å². The van der Waals surface area contributed by atoms with Crippen LogP contribution in [-0.4, -0.2) is 27.3 Å². The average molecular weight is 423 g/mol. The van der Waals surface area contributed by atoms with Gasteiger partial charge in [0, 0.05) is 30.9 Å². The molecule has 30 heavy (non-hydrogen) atoms. The third-order valence-corrected chi connectivity index (χ3v) is 6.11. The maximum Gasteiger partial charge on any atom is 0.264 e. The lowest BCUT2D eigenvalue weighted by Crippen LogP contribution is -2.26. The molecule has 0 aliphatic rings. The summed E-state index contributed by atoms with van der Waals surface area (Å²) < 4.78 is 26.8. The topological polar surface area (TPSA) is 95.6 Å². The van der Waals surface area contributed by atoms with Crippen LogP contribution in [0, 0.1) is 0 Å². The first-order valence-corrected chi connectivity index (χ1v) is 10.5. The lowest BCUT2D eigenvalue weighted by molar-refractivity contribution is -0.114. The van der Waals surface area contributed by atoms with Gasteiger partial charge in [-0.2, -0.15) is 0 Å². The van der Waals surface area contributed by atoms with Gasteiger partial charge >= 0.3 is 0 Å². The molecule has 0 unspecified atom stereocenters. The minimum atomic E-state index is -3.75. The fourth-order valence-electron chi connectivity index (χ4n) is 2.81. The van der Waals surface area contributed by atoms with Crippen LogP contribution in [0.15, 0.2) is 83.8 Å². The number of carbonyl (C=O) groups is 2. The first-order valence-electron chi connectivity index (χ1n) is 9.10. The van der Waals surface area contributed by atoms with Crippen molar-refractivity contribution in [2.24, 2.45) is 0 Å². The van der Waals surface area contributed by atoms with Crippen LogP contribution < -0.4 is 14.9 Å². The molecule has 2 amide bonds. The van der Waals surface area contributed by atoms with E-state index in [1.165, 1.54) is 32.2 Å². The van der Waals surface area contributed by atoms with Crippen molar-refractivity contribution >= 4 is 38.9 Å². The molecule has 8 heteroatoms. The van der Waals surface area contributed by atoms with Crippen molar-refractivity contribution in [3.8, 4) is 0 Å². The van der Waals surface area contributed by atoms with Gasteiger partial charge in [-0.05, 0) is 48.5 Å². The third kappa shape index (κ3) is 4.84. The number of anilines is 3. The summed E-state index contributed by atoms with van der Waals surface area (Å²) in [5.41, 5.74) is 1.72. The highest BCUT2D eigenvalue weighted by molar-refractivity contribution is 7.92. The number of benzene rings is 3. The summed E-state index contributed by atoms with van der Waals surface area (Å²) in [7, 11) is -2.31. The summed E-state index contributed by atoms with van der Waals surface area (Å²) in [4.78, 5) is 24.0. The van der Waals surface area contributed by atoms with Crippen LogP contribution in [0.2, 0.25) is 0 Å². The molecule has 0 atom stereocenters. The lowest BCUT2D eigenvalue weighted by atomic mass is 10.2. The molecule has 0 spiro atoms. The Kier molecular flexibility index (Phi) is 6.17. The summed E-state index contributed by atoms with van der Waals surface area (Å²) in [5, 5.41) is 5.40. The van der Waals surface area contributed by atoms with Gasteiger partial charge in [0.05, 0.1) is 10.6 Å². The van der Waals surface area contributed by atoms with Crippen molar-refractivity contribution < 1.29 is 18.0 Å². The Morgan fingerprint density at radius 2 is 1.43 bits per heavy atom. The zero-order valence-corrected chi connectivity index (χ0v) is 17.3. The highest BCUT2D eigenvalue weighted by Crippen LogP contribution is 2.23. The monoisotopic (exact) mass is 423 g/mol. The Bertz CT molecular complexity index is 1180. The molecule has 3 aromatic rings. The second-order valence-electron chi connectivity index (χ2n) is 6.55. The van der Waals surface area contributed by atoms with Crippen LogP contribution in [0.25, 0.3) is 0 Å². The Balaban J connectivity index is 1.81. The molecule has 0 bridgehead atoms. The van der Waals surface area contributed by atoms with Crippen LogP contribution in [0.5, 0.6) is 0 Å². The molecule has 0 aliphatic carbocycles. The first kappa shape index (κ1) is 21.1. The Morgan fingerprint density at radius 1 is 0.800 bits per heavy atom. The van der Waals surface area contributed by atoms with E-state index < -0.39 is 15.9 Å². The molecule has 0 heterocycles. The zero-order chi connectivity index (χ0) is 21.7. The average Bonchev–Trinajstić information content (AvgIpc) is 2.73. The predicted molar refractivity (Wildman–Crippen MR) is 117 cm³/mol. The van der Waals surface area contributed by atoms with Crippen molar-refractivity contribution in [3.63, 3.8) is 0 Å². The van der Waals surface area contributed by atoms with E-state index in [9.17, 15) is 18.0 Å². The lowest BCUT2D eigenvalue weighted by Gasteiger charge is -2.20. The summed E-state index contributed by atoms with van der Waals surface area (Å²) in [5.74, 6) is -0.615. The molecule has 0 saturated heterocycles. The smallest absolute Gasteiger partial charge is 0.264 e. The summed E-state index contributed by atoms with van der Waals surface area (Å²) >= 11 is 0. The standard InChI is InChI=1S/C22H21N3O4S/c1-16(26)23-18-9-7-10-19(15-18)24-22(27)17-8-6-11-20(14-17)25(2)30(28,29)21-12-4-3-5-13-21/h3-15H,1-2H3,(H,23,26)(H,24,27). The van der Waals surface area contributed by atoms with E-state index in [1.807, 2.05) is 0 Å². The van der Waals surface area contributed by atoms with Crippen LogP contribution in [0.1, 0.15) is 17.3 Å².